The van der Waals surface area contributed by atoms with Crippen LogP contribution in [0.5, 0.6) is 5.75 Å². The van der Waals surface area contributed by atoms with E-state index in [0.717, 1.165) is 31.2 Å². The molecule has 1 aliphatic rings. The fourth-order valence-electron chi connectivity index (χ4n) is 2.68. The second kappa shape index (κ2) is 6.01. The Bertz CT molecular complexity index is 393. The van der Waals surface area contributed by atoms with E-state index in [1.807, 2.05) is 12.1 Å². The van der Waals surface area contributed by atoms with Gasteiger partial charge in [-0.15, -0.1) is 0 Å². The first kappa shape index (κ1) is 13.1. The molecule has 0 bridgehead atoms. The summed E-state index contributed by atoms with van der Waals surface area (Å²) in [6.07, 6.45) is 6.13. The third kappa shape index (κ3) is 3.33. The summed E-state index contributed by atoms with van der Waals surface area (Å²) in [6.45, 7) is 0. The highest BCUT2D eigenvalue weighted by molar-refractivity contribution is 5.86. The summed E-state index contributed by atoms with van der Waals surface area (Å²) in [5, 5.41) is 9.21. The Hall–Kier alpha value is -1.35. The number of rotatable bonds is 4. The third-order valence-corrected chi connectivity index (χ3v) is 3.76. The highest BCUT2D eigenvalue weighted by atomic mass is 16.3. The lowest BCUT2D eigenvalue weighted by molar-refractivity contribution is -0.125. The summed E-state index contributed by atoms with van der Waals surface area (Å²) < 4.78 is 0. The molecule has 18 heavy (non-hydrogen) atoms. The summed E-state index contributed by atoms with van der Waals surface area (Å²) in [7, 11) is 0. The number of Topliss-reactive ketones (excluding diaryl/α,β-unsaturated/α-hetero) is 1. The van der Waals surface area contributed by atoms with Crippen LogP contribution >= 0.6 is 0 Å². The average molecular weight is 247 g/mol. The molecule has 0 spiro atoms. The van der Waals surface area contributed by atoms with Crippen molar-refractivity contribution < 1.29 is 9.90 Å². The monoisotopic (exact) mass is 247 g/mol. The van der Waals surface area contributed by atoms with E-state index in [1.165, 1.54) is 6.42 Å². The molecule has 0 saturated heterocycles. The topological polar surface area (TPSA) is 63.3 Å². The number of benzene rings is 1. The van der Waals surface area contributed by atoms with Gasteiger partial charge in [0.2, 0.25) is 0 Å². The van der Waals surface area contributed by atoms with Crippen molar-refractivity contribution in [3.63, 3.8) is 0 Å². The van der Waals surface area contributed by atoms with Crippen molar-refractivity contribution in [2.24, 2.45) is 11.7 Å². The van der Waals surface area contributed by atoms with Crippen LogP contribution < -0.4 is 5.73 Å². The fourth-order valence-corrected chi connectivity index (χ4v) is 2.68. The van der Waals surface area contributed by atoms with Crippen molar-refractivity contribution in [2.75, 3.05) is 0 Å². The van der Waals surface area contributed by atoms with Crippen molar-refractivity contribution in [3.05, 3.63) is 29.8 Å². The molecule has 1 aromatic carbocycles. The van der Waals surface area contributed by atoms with E-state index in [9.17, 15) is 9.90 Å². The predicted octanol–water partition coefficient (Wildman–Crippen LogP) is 2.41. The molecule has 1 atom stereocenters. The zero-order chi connectivity index (χ0) is 13.0. The summed E-state index contributed by atoms with van der Waals surface area (Å²) in [5.74, 6) is 0.625. The van der Waals surface area contributed by atoms with E-state index in [-0.39, 0.29) is 17.5 Å². The predicted molar refractivity (Wildman–Crippen MR) is 71.4 cm³/mol. The lowest BCUT2D eigenvalue weighted by Gasteiger charge is -2.23. The van der Waals surface area contributed by atoms with E-state index < -0.39 is 6.04 Å². The minimum absolute atomic E-state index is 0.172. The molecule has 0 radical (unpaired) electrons. The van der Waals surface area contributed by atoms with Crippen molar-refractivity contribution >= 4 is 5.78 Å². The zero-order valence-electron chi connectivity index (χ0n) is 10.6. The van der Waals surface area contributed by atoms with Crippen molar-refractivity contribution in [1.29, 1.82) is 0 Å². The second-order valence-corrected chi connectivity index (χ2v) is 5.21. The SMILES string of the molecule is N[C@@H](Cc1ccc(O)cc1)C(=O)C1CCCCC1. The minimum Gasteiger partial charge on any atom is -0.508 e. The zero-order valence-corrected chi connectivity index (χ0v) is 10.6. The highest BCUT2D eigenvalue weighted by Crippen LogP contribution is 2.25. The first-order valence-corrected chi connectivity index (χ1v) is 6.74. The third-order valence-electron chi connectivity index (χ3n) is 3.76. The van der Waals surface area contributed by atoms with Crippen LogP contribution in [0.4, 0.5) is 0 Å². The van der Waals surface area contributed by atoms with Gasteiger partial charge in [-0.05, 0) is 37.0 Å². The Kier molecular flexibility index (Phi) is 4.37. The molecule has 3 nitrogen and oxygen atoms in total. The van der Waals surface area contributed by atoms with Crippen LogP contribution in [0.15, 0.2) is 24.3 Å². The van der Waals surface area contributed by atoms with E-state index in [0.29, 0.717) is 6.42 Å². The maximum Gasteiger partial charge on any atom is 0.152 e. The van der Waals surface area contributed by atoms with Gasteiger partial charge in [0.15, 0.2) is 5.78 Å². The van der Waals surface area contributed by atoms with Gasteiger partial charge in [-0.25, -0.2) is 0 Å². The number of ketones is 1. The molecular weight excluding hydrogens is 226 g/mol. The molecule has 2 rings (SSSR count). The van der Waals surface area contributed by atoms with Gasteiger partial charge in [0.05, 0.1) is 6.04 Å². The molecule has 98 valence electrons. The molecule has 0 unspecified atom stereocenters. The Morgan fingerprint density at radius 2 is 1.83 bits per heavy atom. The van der Waals surface area contributed by atoms with Crippen LogP contribution in [0.1, 0.15) is 37.7 Å². The van der Waals surface area contributed by atoms with Crippen LogP contribution in [-0.4, -0.2) is 16.9 Å². The molecular formula is C15H21NO2. The molecule has 0 aliphatic heterocycles. The molecule has 1 fully saturated rings. The smallest absolute Gasteiger partial charge is 0.152 e. The number of carbonyl (C=O) groups is 1. The highest BCUT2D eigenvalue weighted by Gasteiger charge is 2.25. The Morgan fingerprint density at radius 3 is 2.44 bits per heavy atom. The number of phenolic OH excluding ortho intramolecular Hbond substituents is 1. The second-order valence-electron chi connectivity index (χ2n) is 5.21. The Morgan fingerprint density at radius 1 is 1.22 bits per heavy atom. The van der Waals surface area contributed by atoms with Gasteiger partial charge in [0, 0.05) is 5.92 Å². The number of nitrogens with two attached hydrogens (primary N) is 1. The van der Waals surface area contributed by atoms with Gasteiger partial charge in [-0.3, -0.25) is 4.79 Å². The van der Waals surface area contributed by atoms with Crippen LogP contribution in [0, 0.1) is 5.92 Å². The van der Waals surface area contributed by atoms with E-state index in [4.69, 9.17) is 5.73 Å². The lowest BCUT2D eigenvalue weighted by atomic mass is 9.83. The summed E-state index contributed by atoms with van der Waals surface area (Å²) in [6, 6.07) is 6.50. The van der Waals surface area contributed by atoms with Crippen LogP contribution in [0.2, 0.25) is 0 Å². The number of hydrogen-bond donors (Lipinski definition) is 2. The van der Waals surface area contributed by atoms with Gasteiger partial charge in [0.1, 0.15) is 5.75 Å². The molecule has 0 amide bonds. The maximum atomic E-state index is 12.2. The summed E-state index contributed by atoms with van der Waals surface area (Å²) in [4.78, 5) is 12.2. The molecule has 3 heteroatoms. The molecule has 1 saturated carbocycles. The Balaban J connectivity index is 1.92. The first-order valence-electron chi connectivity index (χ1n) is 6.74. The van der Waals surface area contributed by atoms with E-state index in [1.54, 1.807) is 12.1 Å². The molecule has 0 aromatic heterocycles. The van der Waals surface area contributed by atoms with Gasteiger partial charge in [-0.1, -0.05) is 31.4 Å². The largest absolute Gasteiger partial charge is 0.508 e. The van der Waals surface area contributed by atoms with Crippen LogP contribution in [0.3, 0.4) is 0 Å². The molecule has 1 aromatic rings. The number of phenols is 1. The normalized spacial score (nSPS) is 18.5. The summed E-state index contributed by atoms with van der Waals surface area (Å²) >= 11 is 0. The lowest BCUT2D eigenvalue weighted by Crippen LogP contribution is -2.38. The van der Waals surface area contributed by atoms with Crippen LogP contribution in [0.25, 0.3) is 0 Å². The molecule has 0 heterocycles. The minimum atomic E-state index is -0.405. The first-order chi connectivity index (χ1) is 8.66. The van der Waals surface area contributed by atoms with Gasteiger partial charge in [0.25, 0.3) is 0 Å². The van der Waals surface area contributed by atoms with Crippen LogP contribution in [-0.2, 0) is 11.2 Å². The van der Waals surface area contributed by atoms with E-state index in [2.05, 4.69) is 0 Å². The van der Waals surface area contributed by atoms with Crippen molar-refractivity contribution in [1.82, 2.24) is 0 Å². The molecule has 1 aliphatic carbocycles. The standard InChI is InChI=1S/C15H21NO2/c16-14(10-11-6-8-13(17)9-7-11)15(18)12-4-2-1-3-5-12/h6-9,12,14,17H,1-5,10,16H2/t14-/m0/s1. The number of aromatic hydroxyl groups is 1. The van der Waals surface area contributed by atoms with Crippen molar-refractivity contribution in [3.8, 4) is 5.75 Å². The summed E-state index contributed by atoms with van der Waals surface area (Å²) in [5.41, 5.74) is 7.01. The van der Waals surface area contributed by atoms with Crippen molar-refractivity contribution in [2.45, 2.75) is 44.6 Å². The maximum absolute atomic E-state index is 12.2. The van der Waals surface area contributed by atoms with Gasteiger partial charge >= 0.3 is 0 Å². The Labute approximate surface area is 108 Å². The number of carbonyl (C=O) groups excluding carboxylic acids is 1. The molecule has 3 N–H and O–H groups in total. The van der Waals surface area contributed by atoms with E-state index >= 15 is 0 Å². The van der Waals surface area contributed by atoms with Gasteiger partial charge < -0.3 is 10.8 Å². The quantitative estimate of drug-likeness (QED) is 0.858. The van der Waals surface area contributed by atoms with Gasteiger partial charge in [-0.2, -0.15) is 0 Å². The fraction of sp³-hybridized carbons (Fsp3) is 0.533. The number of hydrogen-bond acceptors (Lipinski definition) is 3. The average Bonchev–Trinajstić information content (AvgIpc) is 2.41.